The van der Waals surface area contributed by atoms with E-state index in [0.29, 0.717) is 25.1 Å². The van der Waals surface area contributed by atoms with E-state index in [1.165, 1.54) is 0 Å². The number of hydrogen-bond donors (Lipinski definition) is 1. The summed E-state index contributed by atoms with van der Waals surface area (Å²) >= 11 is 0. The van der Waals surface area contributed by atoms with Gasteiger partial charge in [-0.2, -0.15) is 0 Å². The van der Waals surface area contributed by atoms with E-state index in [1.54, 1.807) is 6.92 Å². The van der Waals surface area contributed by atoms with Gasteiger partial charge in [0.2, 0.25) is 5.91 Å². The monoisotopic (exact) mass is 284 g/mol. The number of nitrogens with one attached hydrogen (secondary N) is 1. The standard InChI is InChI=1S/C15H28N2O3/c1-5-20-14(18)10-17(13-6-7-13)12(4)15(19)16-9-8-11(2)3/h11-13H,5-10H2,1-4H3,(H,16,19). The Hall–Kier alpha value is -1.10. The molecule has 0 aliphatic heterocycles. The Labute approximate surface area is 122 Å². The third-order valence-electron chi connectivity index (χ3n) is 3.53. The zero-order valence-corrected chi connectivity index (χ0v) is 13.1. The van der Waals surface area contributed by atoms with Gasteiger partial charge in [0, 0.05) is 12.6 Å². The first-order valence-electron chi connectivity index (χ1n) is 7.64. The quantitative estimate of drug-likeness (QED) is 0.653. The molecule has 1 fully saturated rings. The average molecular weight is 284 g/mol. The lowest BCUT2D eigenvalue weighted by Crippen LogP contribution is -2.48. The summed E-state index contributed by atoms with van der Waals surface area (Å²) in [7, 11) is 0. The molecule has 0 aromatic heterocycles. The van der Waals surface area contributed by atoms with Crippen molar-refractivity contribution in [3.8, 4) is 0 Å². The second kappa shape index (κ2) is 8.25. The highest BCUT2D eigenvalue weighted by Crippen LogP contribution is 2.28. The highest BCUT2D eigenvalue weighted by molar-refractivity contribution is 5.82. The van der Waals surface area contributed by atoms with Gasteiger partial charge in [0.05, 0.1) is 19.2 Å². The van der Waals surface area contributed by atoms with Crippen molar-refractivity contribution in [3.05, 3.63) is 0 Å². The van der Waals surface area contributed by atoms with Crippen molar-refractivity contribution in [2.45, 2.75) is 59.0 Å². The molecular weight excluding hydrogens is 256 g/mol. The summed E-state index contributed by atoms with van der Waals surface area (Å²) in [5.41, 5.74) is 0. The molecule has 0 aromatic carbocycles. The van der Waals surface area contributed by atoms with Gasteiger partial charge in [-0.05, 0) is 39.0 Å². The number of carbonyl (C=O) groups is 2. The number of amides is 1. The number of carbonyl (C=O) groups excluding carboxylic acids is 2. The van der Waals surface area contributed by atoms with Gasteiger partial charge in [-0.1, -0.05) is 13.8 Å². The molecule has 1 saturated carbocycles. The number of rotatable bonds is 9. The molecule has 0 aromatic rings. The lowest BCUT2D eigenvalue weighted by Gasteiger charge is -2.27. The van der Waals surface area contributed by atoms with Gasteiger partial charge in [-0.25, -0.2) is 0 Å². The van der Waals surface area contributed by atoms with E-state index >= 15 is 0 Å². The van der Waals surface area contributed by atoms with E-state index in [1.807, 2.05) is 11.8 Å². The SMILES string of the molecule is CCOC(=O)CN(C1CC1)C(C)C(=O)NCCC(C)C. The van der Waals surface area contributed by atoms with Crippen molar-refractivity contribution < 1.29 is 14.3 Å². The number of esters is 1. The van der Waals surface area contributed by atoms with Crippen LogP contribution in [0.5, 0.6) is 0 Å². The van der Waals surface area contributed by atoms with Crippen LogP contribution in [0.15, 0.2) is 0 Å². The van der Waals surface area contributed by atoms with E-state index < -0.39 is 0 Å². The Morgan fingerprint density at radius 3 is 2.45 bits per heavy atom. The van der Waals surface area contributed by atoms with Crippen LogP contribution >= 0.6 is 0 Å². The zero-order valence-electron chi connectivity index (χ0n) is 13.1. The Balaban J connectivity index is 2.44. The first-order chi connectivity index (χ1) is 9.45. The molecule has 20 heavy (non-hydrogen) atoms. The smallest absolute Gasteiger partial charge is 0.320 e. The fourth-order valence-corrected chi connectivity index (χ4v) is 2.13. The molecule has 1 aliphatic rings. The molecule has 1 atom stereocenters. The van der Waals surface area contributed by atoms with E-state index in [2.05, 4.69) is 19.2 Å². The predicted octanol–water partition coefficient (Wildman–Crippen LogP) is 1.56. The molecule has 1 rings (SSSR count). The lowest BCUT2D eigenvalue weighted by molar-refractivity contribution is -0.145. The molecular formula is C15H28N2O3. The van der Waals surface area contributed by atoms with E-state index in [4.69, 9.17) is 4.74 Å². The molecule has 5 nitrogen and oxygen atoms in total. The van der Waals surface area contributed by atoms with Crippen LogP contribution in [-0.2, 0) is 14.3 Å². The molecule has 0 spiro atoms. The van der Waals surface area contributed by atoms with Gasteiger partial charge in [0.25, 0.3) is 0 Å². The predicted molar refractivity (Wildman–Crippen MR) is 78.3 cm³/mol. The summed E-state index contributed by atoms with van der Waals surface area (Å²) in [6.45, 7) is 9.20. The Bertz CT molecular complexity index is 327. The van der Waals surface area contributed by atoms with Gasteiger partial charge in [0.15, 0.2) is 0 Å². The maximum atomic E-state index is 12.1. The molecule has 5 heteroatoms. The first-order valence-corrected chi connectivity index (χ1v) is 7.64. The highest BCUT2D eigenvalue weighted by atomic mass is 16.5. The molecule has 0 saturated heterocycles. The van der Waals surface area contributed by atoms with Crippen molar-refractivity contribution >= 4 is 11.9 Å². The topological polar surface area (TPSA) is 58.6 Å². The summed E-state index contributed by atoms with van der Waals surface area (Å²) < 4.78 is 4.98. The summed E-state index contributed by atoms with van der Waals surface area (Å²) in [6.07, 6.45) is 3.09. The van der Waals surface area contributed by atoms with Crippen LogP contribution in [0.2, 0.25) is 0 Å². The molecule has 0 radical (unpaired) electrons. The normalized spacial score (nSPS) is 16.3. The zero-order chi connectivity index (χ0) is 15.1. The summed E-state index contributed by atoms with van der Waals surface area (Å²) in [5.74, 6) is 0.327. The van der Waals surface area contributed by atoms with Gasteiger partial charge in [-0.15, -0.1) is 0 Å². The third kappa shape index (κ3) is 5.90. The Morgan fingerprint density at radius 2 is 1.95 bits per heavy atom. The molecule has 116 valence electrons. The molecule has 1 unspecified atom stereocenters. The van der Waals surface area contributed by atoms with Crippen LogP contribution in [0.25, 0.3) is 0 Å². The minimum atomic E-state index is -0.279. The van der Waals surface area contributed by atoms with Crippen molar-refractivity contribution in [1.82, 2.24) is 10.2 Å². The Kier molecular flexibility index (Phi) is 6.99. The number of hydrogen-bond acceptors (Lipinski definition) is 4. The first kappa shape index (κ1) is 17.0. The van der Waals surface area contributed by atoms with Crippen molar-refractivity contribution in [1.29, 1.82) is 0 Å². The van der Waals surface area contributed by atoms with Crippen LogP contribution in [0.1, 0.15) is 47.0 Å². The van der Waals surface area contributed by atoms with Crippen molar-refractivity contribution in [2.24, 2.45) is 5.92 Å². The maximum Gasteiger partial charge on any atom is 0.320 e. The van der Waals surface area contributed by atoms with Crippen LogP contribution in [0.3, 0.4) is 0 Å². The minimum absolute atomic E-state index is 0.00171. The van der Waals surface area contributed by atoms with Gasteiger partial charge in [-0.3, -0.25) is 14.5 Å². The van der Waals surface area contributed by atoms with Gasteiger partial charge >= 0.3 is 5.97 Å². The van der Waals surface area contributed by atoms with E-state index in [-0.39, 0.29) is 24.5 Å². The van der Waals surface area contributed by atoms with E-state index in [9.17, 15) is 9.59 Å². The van der Waals surface area contributed by atoms with Crippen molar-refractivity contribution in [2.75, 3.05) is 19.7 Å². The fourth-order valence-electron chi connectivity index (χ4n) is 2.13. The average Bonchev–Trinajstić information content (AvgIpc) is 3.19. The third-order valence-corrected chi connectivity index (χ3v) is 3.53. The molecule has 0 heterocycles. The van der Waals surface area contributed by atoms with Gasteiger partial charge in [0.1, 0.15) is 0 Å². The van der Waals surface area contributed by atoms with Crippen molar-refractivity contribution in [3.63, 3.8) is 0 Å². The minimum Gasteiger partial charge on any atom is -0.465 e. The molecule has 1 aliphatic carbocycles. The lowest BCUT2D eigenvalue weighted by atomic mass is 10.1. The summed E-state index contributed by atoms with van der Waals surface area (Å²) in [5, 5.41) is 2.95. The highest BCUT2D eigenvalue weighted by Gasteiger charge is 2.36. The molecule has 0 bridgehead atoms. The largest absolute Gasteiger partial charge is 0.465 e. The maximum absolute atomic E-state index is 12.1. The number of nitrogens with zero attached hydrogens (tertiary/aromatic N) is 1. The molecule has 1 amide bonds. The molecule has 1 N–H and O–H groups in total. The fraction of sp³-hybridized carbons (Fsp3) is 0.867. The van der Waals surface area contributed by atoms with Crippen LogP contribution in [0, 0.1) is 5.92 Å². The number of ether oxygens (including phenoxy) is 1. The summed E-state index contributed by atoms with van der Waals surface area (Å²) in [6, 6.07) is 0.0734. The van der Waals surface area contributed by atoms with Crippen LogP contribution < -0.4 is 5.32 Å². The van der Waals surface area contributed by atoms with Crippen LogP contribution in [-0.4, -0.2) is 48.6 Å². The van der Waals surface area contributed by atoms with Crippen LogP contribution in [0.4, 0.5) is 0 Å². The Morgan fingerprint density at radius 1 is 1.30 bits per heavy atom. The van der Waals surface area contributed by atoms with Gasteiger partial charge < -0.3 is 10.1 Å². The summed E-state index contributed by atoms with van der Waals surface area (Å²) in [4.78, 5) is 25.7. The second-order valence-corrected chi connectivity index (χ2v) is 5.86. The second-order valence-electron chi connectivity index (χ2n) is 5.86. The van der Waals surface area contributed by atoms with E-state index in [0.717, 1.165) is 19.3 Å².